The summed E-state index contributed by atoms with van der Waals surface area (Å²) in [4.78, 5) is 36.7. The second-order valence-electron chi connectivity index (χ2n) is 8.89. The summed E-state index contributed by atoms with van der Waals surface area (Å²) < 4.78 is 5.63. The molecule has 0 heterocycles. The molecule has 2 aliphatic carbocycles. The van der Waals surface area contributed by atoms with E-state index in [-0.39, 0.29) is 24.3 Å². The molecule has 7 nitrogen and oxygen atoms in total. The SMILES string of the molecule is CCC(CC)(NC(=O)OCC1c2ccccc2-c2ccccc21)C(=O)NC[C@H]1C[C@H]1C(=O)O. The third-order valence-corrected chi connectivity index (χ3v) is 7.09. The van der Waals surface area contributed by atoms with Gasteiger partial charge < -0.3 is 20.5 Å². The van der Waals surface area contributed by atoms with Crippen LogP contribution in [0.3, 0.4) is 0 Å². The van der Waals surface area contributed by atoms with Crippen LogP contribution in [0.2, 0.25) is 0 Å². The summed E-state index contributed by atoms with van der Waals surface area (Å²) in [6.45, 7) is 4.14. The maximum absolute atomic E-state index is 12.9. The first-order valence-corrected chi connectivity index (χ1v) is 11.5. The zero-order valence-corrected chi connectivity index (χ0v) is 19.0. The number of ether oxygens (including phenoxy) is 1. The minimum Gasteiger partial charge on any atom is -0.481 e. The number of alkyl carbamates (subject to hydrolysis) is 1. The Balaban J connectivity index is 1.38. The topological polar surface area (TPSA) is 105 Å². The summed E-state index contributed by atoms with van der Waals surface area (Å²) in [5.74, 6) is -1.64. The van der Waals surface area contributed by atoms with Gasteiger partial charge in [0, 0.05) is 12.5 Å². The Morgan fingerprint density at radius 2 is 1.58 bits per heavy atom. The summed E-state index contributed by atoms with van der Waals surface area (Å²) in [5.41, 5.74) is 3.45. The van der Waals surface area contributed by atoms with Crippen molar-refractivity contribution in [2.45, 2.75) is 44.6 Å². The van der Waals surface area contributed by atoms with E-state index in [1.807, 2.05) is 38.1 Å². The highest BCUT2D eigenvalue weighted by molar-refractivity contribution is 5.90. The van der Waals surface area contributed by atoms with Gasteiger partial charge in [0.2, 0.25) is 5.91 Å². The fourth-order valence-electron chi connectivity index (χ4n) is 4.80. The summed E-state index contributed by atoms with van der Waals surface area (Å²) in [6.07, 6.45) is 0.727. The molecule has 0 aromatic heterocycles. The van der Waals surface area contributed by atoms with Crippen LogP contribution in [0.5, 0.6) is 0 Å². The Labute approximate surface area is 193 Å². The van der Waals surface area contributed by atoms with Gasteiger partial charge in [-0.15, -0.1) is 0 Å². The molecule has 2 aliphatic rings. The molecule has 3 N–H and O–H groups in total. The number of hydrogen-bond acceptors (Lipinski definition) is 4. The number of aliphatic carboxylic acids is 1. The lowest BCUT2D eigenvalue weighted by atomic mass is 9.91. The van der Waals surface area contributed by atoms with Crippen LogP contribution in [-0.4, -0.2) is 41.8 Å². The standard InChI is InChI=1S/C26H30N2O5/c1-3-26(4-2,24(31)27-14-16-13-21(16)23(29)30)28-25(32)33-15-22-19-11-7-5-9-17(19)18-10-6-8-12-20(18)22/h5-12,16,21-22H,3-4,13-15H2,1-2H3,(H,27,31)(H,28,32)(H,29,30)/t16-,21-/m1/s1. The van der Waals surface area contributed by atoms with Gasteiger partial charge in [-0.1, -0.05) is 62.4 Å². The predicted molar refractivity (Wildman–Crippen MR) is 124 cm³/mol. The van der Waals surface area contributed by atoms with Crippen molar-refractivity contribution in [3.8, 4) is 11.1 Å². The zero-order valence-electron chi connectivity index (χ0n) is 19.0. The van der Waals surface area contributed by atoms with E-state index in [9.17, 15) is 14.4 Å². The number of carboxylic acids is 1. The minimum atomic E-state index is -1.10. The first kappa shape index (κ1) is 22.8. The molecule has 0 bridgehead atoms. The molecule has 1 fully saturated rings. The molecule has 0 aliphatic heterocycles. The van der Waals surface area contributed by atoms with E-state index in [4.69, 9.17) is 9.84 Å². The molecule has 2 aromatic carbocycles. The van der Waals surface area contributed by atoms with E-state index in [1.54, 1.807) is 0 Å². The third kappa shape index (κ3) is 4.45. The van der Waals surface area contributed by atoms with E-state index in [0.717, 1.165) is 22.3 Å². The average molecular weight is 451 g/mol. The van der Waals surface area contributed by atoms with E-state index >= 15 is 0 Å². The van der Waals surface area contributed by atoms with Gasteiger partial charge in [0.15, 0.2) is 0 Å². The van der Waals surface area contributed by atoms with Crippen LogP contribution in [0.25, 0.3) is 11.1 Å². The van der Waals surface area contributed by atoms with E-state index in [1.165, 1.54) is 0 Å². The molecular weight excluding hydrogens is 420 g/mol. The molecule has 1 saturated carbocycles. The molecule has 0 saturated heterocycles. The van der Waals surface area contributed by atoms with Crippen molar-refractivity contribution in [1.29, 1.82) is 0 Å². The van der Waals surface area contributed by atoms with E-state index in [0.29, 0.717) is 25.8 Å². The summed E-state index contributed by atoms with van der Waals surface area (Å²) in [5, 5.41) is 14.7. The van der Waals surface area contributed by atoms with Gasteiger partial charge >= 0.3 is 12.1 Å². The summed E-state index contributed by atoms with van der Waals surface area (Å²) in [6, 6.07) is 16.2. The first-order valence-electron chi connectivity index (χ1n) is 11.5. The lowest BCUT2D eigenvalue weighted by Gasteiger charge is -2.31. The lowest BCUT2D eigenvalue weighted by Crippen LogP contribution is -2.58. The van der Waals surface area contributed by atoms with Crippen LogP contribution in [0.1, 0.15) is 50.2 Å². The molecule has 2 aromatic rings. The molecule has 0 unspecified atom stereocenters. The number of nitrogens with one attached hydrogen (secondary N) is 2. The quantitative estimate of drug-likeness (QED) is 0.537. The van der Waals surface area contributed by atoms with Crippen molar-refractivity contribution in [3.63, 3.8) is 0 Å². The number of carbonyl (C=O) groups is 3. The van der Waals surface area contributed by atoms with Gasteiger partial charge in [-0.2, -0.15) is 0 Å². The van der Waals surface area contributed by atoms with Gasteiger partial charge in [-0.05, 0) is 47.4 Å². The van der Waals surface area contributed by atoms with Crippen molar-refractivity contribution in [1.82, 2.24) is 10.6 Å². The Hall–Kier alpha value is -3.35. The van der Waals surface area contributed by atoms with Crippen LogP contribution in [0, 0.1) is 11.8 Å². The van der Waals surface area contributed by atoms with Gasteiger partial charge in [0.05, 0.1) is 5.92 Å². The van der Waals surface area contributed by atoms with Crippen LogP contribution >= 0.6 is 0 Å². The van der Waals surface area contributed by atoms with Gasteiger partial charge in [-0.25, -0.2) is 4.79 Å². The second-order valence-corrected chi connectivity index (χ2v) is 8.89. The highest BCUT2D eigenvalue weighted by Gasteiger charge is 2.44. The second kappa shape index (κ2) is 9.25. The van der Waals surface area contributed by atoms with E-state index in [2.05, 4.69) is 34.9 Å². The lowest BCUT2D eigenvalue weighted by molar-refractivity contribution is -0.139. The van der Waals surface area contributed by atoms with Crippen molar-refractivity contribution in [2.24, 2.45) is 11.8 Å². The molecule has 0 radical (unpaired) electrons. The molecule has 2 atom stereocenters. The van der Waals surface area contributed by atoms with Gasteiger partial charge in [0.1, 0.15) is 12.1 Å². The van der Waals surface area contributed by atoms with Crippen LogP contribution in [-0.2, 0) is 14.3 Å². The normalized spacial score (nSPS) is 18.7. The number of rotatable bonds is 9. The van der Waals surface area contributed by atoms with Crippen LogP contribution in [0.4, 0.5) is 4.79 Å². The van der Waals surface area contributed by atoms with Gasteiger partial charge in [-0.3, -0.25) is 9.59 Å². The Kier molecular flexibility index (Phi) is 6.40. The van der Waals surface area contributed by atoms with Crippen molar-refractivity contribution in [2.75, 3.05) is 13.2 Å². The van der Waals surface area contributed by atoms with E-state index < -0.39 is 23.5 Å². The smallest absolute Gasteiger partial charge is 0.408 e. The Bertz CT molecular complexity index is 1020. The average Bonchev–Trinajstić information content (AvgIpc) is 3.55. The number of fused-ring (bicyclic) bond motifs is 3. The summed E-state index contributed by atoms with van der Waals surface area (Å²) in [7, 11) is 0. The Morgan fingerprint density at radius 3 is 2.09 bits per heavy atom. The van der Waals surface area contributed by atoms with Crippen LogP contribution in [0.15, 0.2) is 48.5 Å². The fraction of sp³-hybridized carbons (Fsp3) is 0.423. The molecule has 174 valence electrons. The maximum Gasteiger partial charge on any atom is 0.408 e. The molecule has 0 spiro atoms. The maximum atomic E-state index is 12.9. The fourth-order valence-corrected chi connectivity index (χ4v) is 4.80. The number of benzene rings is 2. The minimum absolute atomic E-state index is 0.0488. The zero-order chi connectivity index (χ0) is 23.6. The summed E-state index contributed by atoms with van der Waals surface area (Å²) >= 11 is 0. The molecule has 33 heavy (non-hydrogen) atoms. The third-order valence-electron chi connectivity index (χ3n) is 7.09. The molecule has 7 heteroatoms. The van der Waals surface area contributed by atoms with Crippen molar-refractivity contribution < 1.29 is 24.2 Å². The first-order chi connectivity index (χ1) is 15.9. The molecular formula is C26H30N2O5. The van der Waals surface area contributed by atoms with Crippen molar-refractivity contribution in [3.05, 3.63) is 59.7 Å². The number of carboxylic acid groups (broad SMARTS) is 1. The highest BCUT2D eigenvalue weighted by atomic mass is 16.5. The molecule has 4 rings (SSSR count). The van der Waals surface area contributed by atoms with Crippen LogP contribution < -0.4 is 10.6 Å². The predicted octanol–water partition coefficient (Wildman–Crippen LogP) is 3.92. The highest BCUT2D eigenvalue weighted by Crippen LogP contribution is 2.44. The number of carbonyl (C=O) groups excluding carboxylic acids is 2. The Morgan fingerprint density at radius 1 is 1.00 bits per heavy atom. The monoisotopic (exact) mass is 450 g/mol. The van der Waals surface area contributed by atoms with Gasteiger partial charge in [0.25, 0.3) is 0 Å². The van der Waals surface area contributed by atoms with Crippen molar-refractivity contribution >= 4 is 18.0 Å². The number of amides is 2. The number of hydrogen-bond donors (Lipinski definition) is 3. The largest absolute Gasteiger partial charge is 0.481 e. The molecule has 2 amide bonds.